The van der Waals surface area contributed by atoms with Gasteiger partial charge in [-0.1, -0.05) is 26.0 Å². The smallest absolute Gasteiger partial charge is 0.321 e. The van der Waals surface area contributed by atoms with Crippen molar-refractivity contribution in [3.63, 3.8) is 0 Å². The number of nitrogens with zero attached hydrogens (tertiary/aromatic N) is 5. The normalized spacial score (nSPS) is 15.1. The number of piperazine rings is 1. The summed E-state index contributed by atoms with van der Waals surface area (Å²) < 4.78 is 0. The van der Waals surface area contributed by atoms with E-state index in [-0.39, 0.29) is 6.03 Å². The van der Waals surface area contributed by atoms with Crippen LogP contribution in [-0.2, 0) is 0 Å². The van der Waals surface area contributed by atoms with Crippen molar-refractivity contribution in [3.8, 4) is 6.07 Å². The van der Waals surface area contributed by atoms with E-state index < -0.39 is 0 Å². The van der Waals surface area contributed by atoms with Crippen molar-refractivity contribution in [2.45, 2.75) is 26.2 Å². The number of hydrogen-bond donors (Lipinski definition) is 1. The molecule has 140 valence electrons. The number of benzene rings is 1. The van der Waals surface area contributed by atoms with Crippen molar-refractivity contribution in [2.75, 3.05) is 36.4 Å². The van der Waals surface area contributed by atoms with Gasteiger partial charge in [0.2, 0.25) is 0 Å². The standard InChI is InChI=1S/C20H24N6O/c1-3-15(2)16-4-6-17(7-5-16)22-20(27)26-12-10-25(11-13-26)19-9-8-18(14-21)23-24-19/h4-9,15H,3,10-13H2,1-2H3,(H,22,27). The minimum absolute atomic E-state index is 0.0862. The molecule has 1 saturated heterocycles. The fourth-order valence-electron chi connectivity index (χ4n) is 3.03. The molecule has 27 heavy (non-hydrogen) atoms. The molecule has 1 atom stereocenters. The molecule has 1 aromatic heterocycles. The number of nitrogens with one attached hydrogen (secondary N) is 1. The first-order valence-corrected chi connectivity index (χ1v) is 9.25. The van der Waals surface area contributed by atoms with Crippen LogP contribution >= 0.6 is 0 Å². The Labute approximate surface area is 159 Å². The van der Waals surface area contributed by atoms with Gasteiger partial charge in [0.1, 0.15) is 6.07 Å². The van der Waals surface area contributed by atoms with Gasteiger partial charge < -0.3 is 15.1 Å². The number of carbonyl (C=O) groups excluding carboxylic acids is 1. The van der Waals surface area contributed by atoms with Crippen LogP contribution in [0.15, 0.2) is 36.4 Å². The van der Waals surface area contributed by atoms with Crippen LogP contribution in [0.3, 0.4) is 0 Å². The lowest BCUT2D eigenvalue weighted by Crippen LogP contribution is -2.50. The molecule has 2 heterocycles. The molecule has 0 radical (unpaired) electrons. The van der Waals surface area contributed by atoms with E-state index in [1.165, 1.54) is 5.56 Å². The number of rotatable bonds is 4. The molecule has 1 aliphatic heterocycles. The van der Waals surface area contributed by atoms with Crippen LogP contribution in [0.1, 0.15) is 37.4 Å². The lowest BCUT2D eigenvalue weighted by molar-refractivity contribution is 0.208. The highest BCUT2D eigenvalue weighted by Gasteiger charge is 2.22. The maximum atomic E-state index is 12.5. The number of urea groups is 1. The zero-order valence-electron chi connectivity index (χ0n) is 15.7. The number of amides is 2. The Kier molecular flexibility index (Phi) is 5.87. The number of nitriles is 1. The molecule has 2 amide bonds. The molecule has 1 fully saturated rings. The van der Waals surface area contributed by atoms with Gasteiger partial charge in [-0.25, -0.2) is 4.79 Å². The second-order valence-corrected chi connectivity index (χ2v) is 6.72. The predicted molar refractivity (Wildman–Crippen MR) is 105 cm³/mol. The van der Waals surface area contributed by atoms with Gasteiger partial charge in [-0.2, -0.15) is 5.26 Å². The van der Waals surface area contributed by atoms with E-state index in [0.29, 0.717) is 37.8 Å². The third-order valence-electron chi connectivity index (χ3n) is 5.00. The van der Waals surface area contributed by atoms with Crippen molar-refractivity contribution in [3.05, 3.63) is 47.7 Å². The van der Waals surface area contributed by atoms with Gasteiger partial charge in [-0.05, 0) is 42.2 Å². The van der Waals surface area contributed by atoms with Gasteiger partial charge in [-0.3, -0.25) is 0 Å². The zero-order valence-corrected chi connectivity index (χ0v) is 15.7. The average molecular weight is 364 g/mol. The molecule has 0 saturated carbocycles. The Bertz CT molecular complexity index is 804. The monoisotopic (exact) mass is 364 g/mol. The molecule has 7 heteroatoms. The summed E-state index contributed by atoms with van der Waals surface area (Å²) in [5.41, 5.74) is 2.40. The number of aromatic nitrogens is 2. The lowest BCUT2D eigenvalue weighted by Gasteiger charge is -2.35. The first-order chi connectivity index (χ1) is 13.1. The molecule has 1 aliphatic rings. The number of anilines is 2. The Balaban J connectivity index is 1.53. The molecule has 1 N–H and O–H groups in total. The highest BCUT2D eigenvalue weighted by molar-refractivity contribution is 5.89. The van der Waals surface area contributed by atoms with E-state index in [0.717, 1.165) is 17.9 Å². The lowest BCUT2D eigenvalue weighted by atomic mass is 9.99. The maximum absolute atomic E-state index is 12.5. The van der Waals surface area contributed by atoms with Crippen LogP contribution in [0.5, 0.6) is 0 Å². The van der Waals surface area contributed by atoms with Gasteiger partial charge in [0.25, 0.3) is 0 Å². The van der Waals surface area contributed by atoms with E-state index in [9.17, 15) is 4.79 Å². The maximum Gasteiger partial charge on any atom is 0.321 e. The fourth-order valence-corrected chi connectivity index (χ4v) is 3.03. The van der Waals surface area contributed by atoms with Crippen LogP contribution in [0.2, 0.25) is 0 Å². The summed E-state index contributed by atoms with van der Waals surface area (Å²) >= 11 is 0. The van der Waals surface area contributed by atoms with Crippen LogP contribution in [-0.4, -0.2) is 47.3 Å². The van der Waals surface area contributed by atoms with Gasteiger partial charge >= 0.3 is 6.03 Å². The highest BCUT2D eigenvalue weighted by atomic mass is 16.2. The van der Waals surface area contributed by atoms with Gasteiger partial charge in [0, 0.05) is 31.9 Å². The second-order valence-electron chi connectivity index (χ2n) is 6.72. The van der Waals surface area contributed by atoms with E-state index in [4.69, 9.17) is 5.26 Å². The molecule has 0 bridgehead atoms. The Hall–Kier alpha value is -3.14. The van der Waals surface area contributed by atoms with E-state index in [1.54, 1.807) is 17.0 Å². The van der Waals surface area contributed by atoms with Crippen molar-refractivity contribution in [2.24, 2.45) is 0 Å². The van der Waals surface area contributed by atoms with E-state index >= 15 is 0 Å². The Morgan fingerprint density at radius 2 is 1.85 bits per heavy atom. The molecular weight excluding hydrogens is 340 g/mol. The molecule has 7 nitrogen and oxygen atoms in total. The van der Waals surface area contributed by atoms with Crippen molar-refractivity contribution in [1.29, 1.82) is 5.26 Å². The Morgan fingerprint density at radius 1 is 1.15 bits per heavy atom. The average Bonchev–Trinajstić information content (AvgIpc) is 2.74. The zero-order chi connectivity index (χ0) is 19.2. The first kappa shape index (κ1) is 18.6. The van der Waals surface area contributed by atoms with E-state index in [2.05, 4.69) is 46.4 Å². The highest BCUT2D eigenvalue weighted by Crippen LogP contribution is 2.21. The quantitative estimate of drug-likeness (QED) is 0.900. The number of carbonyl (C=O) groups is 1. The molecule has 1 unspecified atom stereocenters. The third-order valence-corrected chi connectivity index (χ3v) is 5.00. The molecule has 2 aromatic rings. The molecule has 0 aliphatic carbocycles. The van der Waals surface area contributed by atoms with Crippen molar-refractivity contribution in [1.82, 2.24) is 15.1 Å². The summed E-state index contributed by atoms with van der Waals surface area (Å²) in [6.07, 6.45) is 1.10. The Morgan fingerprint density at radius 3 is 2.41 bits per heavy atom. The van der Waals surface area contributed by atoms with Crippen LogP contribution in [0.4, 0.5) is 16.3 Å². The van der Waals surface area contributed by atoms with E-state index in [1.807, 2.05) is 18.2 Å². The summed E-state index contributed by atoms with van der Waals surface area (Å²) in [6.45, 7) is 6.95. The van der Waals surface area contributed by atoms with Gasteiger partial charge in [0.15, 0.2) is 11.5 Å². The predicted octanol–water partition coefficient (Wildman–Crippen LogP) is 3.22. The molecule has 0 spiro atoms. The van der Waals surface area contributed by atoms with Crippen LogP contribution in [0.25, 0.3) is 0 Å². The summed E-state index contributed by atoms with van der Waals surface area (Å²) in [6, 6.07) is 13.4. The van der Waals surface area contributed by atoms with Crippen molar-refractivity contribution >= 4 is 17.5 Å². The van der Waals surface area contributed by atoms with Crippen LogP contribution in [0, 0.1) is 11.3 Å². The number of hydrogen-bond acceptors (Lipinski definition) is 5. The SMILES string of the molecule is CCC(C)c1ccc(NC(=O)N2CCN(c3ccc(C#N)nn3)CC2)cc1. The third kappa shape index (κ3) is 4.53. The summed E-state index contributed by atoms with van der Waals surface area (Å²) in [5, 5.41) is 19.7. The minimum Gasteiger partial charge on any atom is -0.352 e. The van der Waals surface area contributed by atoms with Crippen molar-refractivity contribution < 1.29 is 4.79 Å². The minimum atomic E-state index is -0.0862. The molecular formula is C20H24N6O. The molecule has 1 aromatic carbocycles. The first-order valence-electron chi connectivity index (χ1n) is 9.25. The van der Waals surface area contributed by atoms with Crippen LogP contribution < -0.4 is 10.2 Å². The molecule has 3 rings (SSSR count). The largest absolute Gasteiger partial charge is 0.352 e. The second kappa shape index (κ2) is 8.49. The summed E-state index contributed by atoms with van der Waals surface area (Å²) in [5.74, 6) is 1.25. The van der Waals surface area contributed by atoms with Gasteiger partial charge in [0.05, 0.1) is 0 Å². The van der Waals surface area contributed by atoms with Gasteiger partial charge in [-0.15, -0.1) is 10.2 Å². The fraction of sp³-hybridized carbons (Fsp3) is 0.400. The summed E-state index contributed by atoms with van der Waals surface area (Å²) in [4.78, 5) is 16.4. The summed E-state index contributed by atoms with van der Waals surface area (Å²) in [7, 11) is 0. The topological polar surface area (TPSA) is 85.2 Å².